The van der Waals surface area contributed by atoms with Crippen molar-refractivity contribution in [2.24, 2.45) is 0 Å². The van der Waals surface area contributed by atoms with E-state index in [9.17, 15) is 13.2 Å². The third kappa shape index (κ3) is 6.64. The van der Waals surface area contributed by atoms with E-state index >= 15 is 0 Å². The summed E-state index contributed by atoms with van der Waals surface area (Å²) in [6.07, 6.45) is -2.65. The summed E-state index contributed by atoms with van der Waals surface area (Å²) in [5.74, 6) is 3.51. The number of alkyl halides is 3. The van der Waals surface area contributed by atoms with Gasteiger partial charge in [-0.2, -0.15) is 13.2 Å². The molecule has 0 aliphatic carbocycles. The van der Waals surface area contributed by atoms with Crippen molar-refractivity contribution in [3.8, 4) is 45.6 Å². The zero-order valence-electron chi connectivity index (χ0n) is 25.9. The number of imidazole rings is 1. The third-order valence-corrected chi connectivity index (χ3v) is 8.36. The standard InChI is InChI=1S/C37H34F3N3O4/c1-2-3-16-43-30(35(41-36(43)27-8-5-4-6-9-27)28-10-7-11-29(19-28)37(38,39)40)22-42(20-25-12-14-31-33(17-25)46-23-44-31)21-26-13-15-32-34(18-26)47-24-45-32/h4-15,17-19H,2-3,16,20-24H2,1H3. The van der Waals surface area contributed by atoms with Gasteiger partial charge in [-0.05, 0) is 53.9 Å². The Morgan fingerprint density at radius 2 is 1.32 bits per heavy atom. The van der Waals surface area contributed by atoms with Gasteiger partial charge in [0.1, 0.15) is 5.82 Å². The number of halogens is 3. The van der Waals surface area contributed by atoms with Crippen molar-refractivity contribution in [3.63, 3.8) is 0 Å². The number of rotatable bonds is 11. The summed E-state index contributed by atoms with van der Waals surface area (Å²) >= 11 is 0. The lowest BCUT2D eigenvalue weighted by atomic mass is 10.1. The Bertz CT molecular complexity index is 1810. The molecule has 10 heteroatoms. The largest absolute Gasteiger partial charge is 0.454 e. The molecule has 0 unspecified atom stereocenters. The van der Waals surface area contributed by atoms with Crippen molar-refractivity contribution in [2.75, 3.05) is 13.6 Å². The van der Waals surface area contributed by atoms with Crippen molar-refractivity contribution >= 4 is 0 Å². The van der Waals surface area contributed by atoms with Gasteiger partial charge >= 0.3 is 6.18 Å². The van der Waals surface area contributed by atoms with Crippen LogP contribution in [-0.2, 0) is 32.4 Å². The van der Waals surface area contributed by atoms with Gasteiger partial charge in [-0.3, -0.25) is 4.90 Å². The van der Waals surface area contributed by atoms with Crippen LogP contribution in [0, 0.1) is 0 Å². The number of nitrogens with zero attached hydrogens (tertiary/aromatic N) is 3. The zero-order chi connectivity index (χ0) is 32.4. The molecule has 0 saturated carbocycles. The van der Waals surface area contributed by atoms with Crippen molar-refractivity contribution < 1.29 is 32.1 Å². The number of hydrogen-bond acceptors (Lipinski definition) is 6. The van der Waals surface area contributed by atoms with Crippen LogP contribution >= 0.6 is 0 Å². The first-order valence-corrected chi connectivity index (χ1v) is 15.7. The van der Waals surface area contributed by atoms with E-state index in [-0.39, 0.29) is 13.6 Å². The molecule has 7 rings (SSSR count). The molecule has 0 spiro atoms. The highest BCUT2D eigenvalue weighted by atomic mass is 19.4. The van der Waals surface area contributed by atoms with Crippen molar-refractivity contribution in [3.05, 3.63) is 113 Å². The number of hydrogen-bond donors (Lipinski definition) is 0. The quantitative estimate of drug-likeness (QED) is 0.144. The average molecular weight is 642 g/mol. The molecule has 0 amide bonds. The zero-order valence-corrected chi connectivity index (χ0v) is 25.9. The minimum Gasteiger partial charge on any atom is -0.454 e. The fourth-order valence-corrected chi connectivity index (χ4v) is 6.06. The molecule has 4 aromatic carbocycles. The molecule has 47 heavy (non-hydrogen) atoms. The second kappa shape index (κ2) is 13.0. The fourth-order valence-electron chi connectivity index (χ4n) is 6.06. The van der Waals surface area contributed by atoms with Crippen LogP contribution in [-0.4, -0.2) is 28.0 Å². The Morgan fingerprint density at radius 3 is 1.94 bits per heavy atom. The highest BCUT2D eigenvalue weighted by Gasteiger charge is 2.31. The molecule has 0 saturated heterocycles. The van der Waals surface area contributed by atoms with E-state index in [0.717, 1.165) is 47.1 Å². The summed E-state index contributed by atoms with van der Waals surface area (Å²) < 4.78 is 66.3. The summed E-state index contributed by atoms with van der Waals surface area (Å²) in [6.45, 7) is 4.64. The van der Waals surface area contributed by atoms with Crippen molar-refractivity contribution in [2.45, 2.75) is 52.1 Å². The van der Waals surface area contributed by atoms with Gasteiger partial charge < -0.3 is 23.5 Å². The second-order valence-electron chi connectivity index (χ2n) is 11.7. The van der Waals surface area contributed by atoms with Gasteiger partial charge in [0, 0.05) is 37.3 Å². The fraction of sp³-hybridized carbons (Fsp3) is 0.270. The first-order valence-electron chi connectivity index (χ1n) is 15.7. The first-order chi connectivity index (χ1) is 22.9. The molecule has 0 N–H and O–H groups in total. The van der Waals surface area contributed by atoms with Gasteiger partial charge in [0.05, 0.1) is 17.0 Å². The molecule has 2 aliphatic rings. The number of aromatic nitrogens is 2. The Hall–Kier alpha value is -4.96. The molecule has 0 fully saturated rings. The molecular weight excluding hydrogens is 607 g/mol. The van der Waals surface area contributed by atoms with Gasteiger partial charge in [0.15, 0.2) is 23.0 Å². The van der Waals surface area contributed by atoms with E-state index in [4.69, 9.17) is 23.9 Å². The maximum Gasteiger partial charge on any atom is 0.416 e. The smallest absolute Gasteiger partial charge is 0.416 e. The molecular formula is C37H34F3N3O4. The van der Waals surface area contributed by atoms with Gasteiger partial charge in [-0.15, -0.1) is 0 Å². The van der Waals surface area contributed by atoms with Crippen LogP contribution in [0.3, 0.4) is 0 Å². The predicted octanol–water partition coefficient (Wildman–Crippen LogP) is 8.70. The maximum absolute atomic E-state index is 13.9. The minimum atomic E-state index is -4.48. The van der Waals surface area contributed by atoms with Crippen LogP contribution in [0.15, 0.2) is 91.0 Å². The first kappa shape index (κ1) is 30.7. The molecule has 2 aliphatic heterocycles. The molecule has 0 bridgehead atoms. The highest BCUT2D eigenvalue weighted by molar-refractivity contribution is 5.69. The Labute approximate surface area is 271 Å². The summed E-state index contributed by atoms with van der Waals surface area (Å²) in [5.41, 5.74) is 4.03. The minimum absolute atomic E-state index is 0.179. The summed E-state index contributed by atoms with van der Waals surface area (Å²) in [5, 5.41) is 0. The lowest BCUT2D eigenvalue weighted by molar-refractivity contribution is -0.137. The van der Waals surface area contributed by atoms with Crippen LogP contribution in [0.5, 0.6) is 23.0 Å². The monoisotopic (exact) mass is 641 g/mol. The summed E-state index contributed by atoms with van der Waals surface area (Å²) in [6, 6.07) is 27.1. The predicted molar refractivity (Wildman–Crippen MR) is 171 cm³/mol. The van der Waals surface area contributed by atoms with E-state index in [2.05, 4.69) is 16.4 Å². The Kier molecular flexibility index (Phi) is 8.51. The van der Waals surface area contributed by atoms with Crippen LogP contribution in [0.2, 0.25) is 0 Å². The van der Waals surface area contributed by atoms with Crippen LogP contribution in [0.1, 0.15) is 42.1 Å². The van der Waals surface area contributed by atoms with Gasteiger partial charge in [-0.25, -0.2) is 4.98 Å². The lowest BCUT2D eigenvalue weighted by Gasteiger charge is -2.25. The number of unbranched alkanes of at least 4 members (excludes halogenated alkanes) is 1. The van der Waals surface area contributed by atoms with E-state index in [1.165, 1.54) is 12.1 Å². The Morgan fingerprint density at radius 1 is 0.702 bits per heavy atom. The van der Waals surface area contributed by atoms with E-state index in [1.807, 2.05) is 66.7 Å². The molecule has 0 radical (unpaired) electrons. The normalized spacial score (nSPS) is 13.5. The van der Waals surface area contributed by atoms with Gasteiger partial charge in [0.25, 0.3) is 0 Å². The van der Waals surface area contributed by atoms with Crippen molar-refractivity contribution in [1.29, 1.82) is 0 Å². The van der Waals surface area contributed by atoms with Crippen molar-refractivity contribution in [1.82, 2.24) is 14.5 Å². The average Bonchev–Trinajstić information content (AvgIpc) is 3.82. The van der Waals surface area contributed by atoms with Gasteiger partial charge in [-0.1, -0.05) is 67.9 Å². The SMILES string of the molecule is CCCCn1c(-c2ccccc2)nc(-c2cccc(C(F)(F)F)c2)c1CN(Cc1ccc2c(c1)OCO2)Cc1ccc2c(c1)OCO2. The molecule has 242 valence electrons. The maximum atomic E-state index is 13.9. The summed E-state index contributed by atoms with van der Waals surface area (Å²) in [7, 11) is 0. The summed E-state index contributed by atoms with van der Waals surface area (Å²) in [4.78, 5) is 7.35. The second-order valence-corrected chi connectivity index (χ2v) is 11.7. The van der Waals surface area contributed by atoms with E-state index in [0.29, 0.717) is 60.4 Å². The van der Waals surface area contributed by atoms with Crippen LogP contribution < -0.4 is 18.9 Å². The van der Waals surface area contributed by atoms with Crippen LogP contribution in [0.4, 0.5) is 13.2 Å². The molecule has 5 aromatic rings. The highest BCUT2D eigenvalue weighted by Crippen LogP contribution is 2.38. The molecule has 1 aromatic heterocycles. The number of fused-ring (bicyclic) bond motifs is 2. The number of ether oxygens (including phenoxy) is 4. The van der Waals surface area contributed by atoms with E-state index in [1.54, 1.807) is 6.07 Å². The van der Waals surface area contributed by atoms with E-state index < -0.39 is 11.7 Å². The molecule has 7 nitrogen and oxygen atoms in total. The Balaban J connectivity index is 1.34. The lowest BCUT2D eigenvalue weighted by Crippen LogP contribution is -2.24. The van der Waals surface area contributed by atoms with Gasteiger partial charge in [0.2, 0.25) is 13.6 Å². The topological polar surface area (TPSA) is 58.0 Å². The number of benzene rings is 4. The molecule has 0 atom stereocenters. The van der Waals surface area contributed by atoms with Crippen LogP contribution in [0.25, 0.3) is 22.6 Å². The molecule has 3 heterocycles. The third-order valence-electron chi connectivity index (χ3n) is 8.36.